The summed E-state index contributed by atoms with van der Waals surface area (Å²) < 4.78 is 0. The number of amides is 2. The zero-order valence-corrected chi connectivity index (χ0v) is 12.7. The zero-order valence-electron chi connectivity index (χ0n) is 12.0. The van der Waals surface area contributed by atoms with Crippen molar-refractivity contribution in [1.82, 2.24) is 41.2 Å². The van der Waals surface area contributed by atoms with Crippen molar-refractivity contribution in [2.24, 2.45) is 0 Å². The minimum atomic E-state index is -0.682. The molecule has 0 atom stereocenters. The van der Waals surface area contributed by atoms with Gasteiger partial charge < -0.3 is 10.6 Å². The maximum atomic E-state index is 12.0. The number of halogens is 1. The van der Waals surface area contributed by atoms with E-state index in [0.717, 1.165) is 0 Å². The predicted octanol–water partition coefficient (Wildman–Crippen LogP) is -1.55. The second-order valence-corrected chi connectivity index (χ2v) is 4.78. The van der Waals surface area contributed by atoms with Gasteiger partial charge in [0.05, 0.1) is 28.0 Å². The van der Waals surface area contributed by atoms with Gasteiger partial charge in [-0.1, -0.05) is 11.6 Å². The molecular weight excluding hydrogens is 400 g/mol. The molecule has 16 heteroatoms. The fraction of sp³-hybridized carbons (Fsp3) is 0. The number of rotatable bonds is 4. The van der Waals surface area contributed by atoms with Crippen molar-refractivity contribution in [1.29, 1.82) is 5.26 Å². The van der Waals surface area contributed by atoms with Crippen molar-refractivity contribution in [3.8, 4) is 6.07 Å². The summed E-state index contributed by atoms with van der Waals surface area (Å²) in [6.45, 7) is 0. The Kier molecular flexibility index (Phi) is 8.93. The first-order valence-electron chi connectivity index (χ1n) is 6.42. The molecule has 0 fully saturated rings. The Morgan fingerprint density at radius 1 is 0.963 bits per heavy atom. The van der Waals surface area contributed by atoms with E-state index in [1.807, 2.05) is 6.07 Å². The Morgan fingerprint density at radius 3 is 1.74 bits per heavy atom. The van der Waals surface area contributed by atoms with Gasteiger partial charge in [-0.15, -0.1) is 10.2 Å². The van der Waals surface area contributed by atoms with Gasteiger partial charge in [-0.05, 0) is 33.0 Å². The first-order chi connectivity index (χ1) is 12.1. The number of hydrogen-bond acceptors (Lipinski definition) is 9. The van der Waals surface area contributed by atoms with Crippen LogP contribution in [0.4, 0.5) is 11.4 Å². The van der Waals surface area contributed by atoms with E-state index in [9.17, 15) is 9.59 Å². The molecule has 128 valence electrons. The molecule has 0 aliphatic rings. The van der Waals surface area contributed by atoms with Crippen LogP contribution >= 0.6 is 11.6 Å². The van der Waals surface area contributed by atoms with Gasteiger partial charge in [0, 0.05) is 0 Å². The summed E-state index contributed by atoms with van der Waals surface area (Å²) in [5.74, 6) is -1.68. The molecule has 0 spiro atoms. The SMILES string of the molecule is N#Cc1cc(NC(=O)c2nnn[nH]2)c(Cl)c(NC(=O)c2nnn[nH]2)c1.[NaH].[NaH]. The van der Waals surface area contributed by atoms with E-state index in [4.69, 9.17) is 16.9 Å². The monoisotopic (exact) mass is 407 g/mol. The number of nitrogens with zero attached hydrogens (tertiary/aromatic N) is 7. The molecule has 0 aliphatic heterocycles. The molecule has 0 radical (unpaired) electrons. The third-order valence-electron chi connectivity index (χ3n) is 2.82. The number of tetrazole rings is 2. The average molecular weight is 408 g/mol. The molecular formula is C11H8ClN11Na2O2. The van der Waals surface area contributed by atoms with Gasteiger partial charge >= 0.3 is 59.1 Å². The van der Waals surface area contributed by atoms with E-state index in [1.54, 1.807) is 0 Å². The summed E-state index contributed by atoms with van der Waals surface area (Å²) in [7, 11) is 0. The van der Waals surface area contributed by atoms with Gasteiger partial charge in [0.25, 0.3) is 11.8 Å². The Hall–Kier alpha value is -1.92. The number of carbonyl (C=O) groups is 2. The molecule has 0 unspecified atom stereocenters. The molecule has 4 N–H and O–H groups in total. The van der Waals surface area contributed by atoms with Crippen molar-refractivity contribution in [2.45, 2.75) is 0 Å². The van der Waals surface area contributed by atoms with Crippen LogP contribution in [0, 0.1) is 11.3 Å². The van der Waals surface area contributed by atoms with Gasteiger partial charge in [-0.25, -0.2) is 10.2 Å². The molecule has 0 bridgehead atoms. The van der Waals surface area contributed by atoms with Crippen LogP contribution in [0.5, 0.6) is 0 Å². The fourth-order valence-corrected chi connectivity index (χ4v) is 1.95. The number of H-pyrrole nitrogens is 2. The van der Waals surface area contributed by atoms with Gasteiger partial charge in [0.2, 0.25) is 11.6 Å². The average Bonchev–Trinajstić information content (AvgIpc) is 3.31. The number of aromatic nitrogens is 8. The number of hydrogen-bond donors (Lipinski definition) is 4. The Balaban J connectivity index is 0.00000182. The molecule has 2 aromatic heterocycles. The summed E-state index contributed by atoms with van der Waals surface area (Å²) in [6, 6.07) is 4.55. The minimum absolute atomic E-state index is 0. The Morgan fingerprint density at radius 2 is 1.41 bits per heavy atom. The number of benzene rings is 1. The number of carbonyl (C=O) groups excluding carboxylic acids is 2. The van der Waals surface area contributed by atoms with Crippen molar-refractivity contribution in [3.05, 3.63) is 34.4 Å². The zero-order chi connectivity index (χ0) is 17.8. The molecule has 0 saturated heterocycles. The molecule has 2 amide bonds. The van der Waals surface area contributed by atoms with Gasteiger partial charge in [-0.2, -0.15) is 5.26 Å². The van der Waals surface area contributed by atoms with Crippen LogP contribution in [0.25, 0.3) is 0 Å². The molecule has 0 saturated carbocycles. The molecule has 27 heavy (non-hydrogen) atoms. The van der Waals surface area contributed by atoms with Crippen molar-refractivity contribution in [2.75, 3.05) is 10.6 Å². The molecule has 3 rings (SSSR count). The van der Waals surface area contributed by atoms with E-state index in [-0.39, 0.29) is 92.7 Å². The number of aromatic amines is 2. The van der Waals surface area contributed by atoms with Crippen molar-refractivity contribution in [3.63, 3.8) is 0 Å². The first kappa shape index (κ1) is 23.1. The van der Waals surface area contributed by atoms with Crippen LogP contribution in [0.1, 0.15) is 26.8 Å². The van der Waals surface area contributed by atoms with E-state index in [1.165, 1.54) is 12.1 Å². The quantitative estimate of drug-likeness (QED) is 0.370. The van der Waals surface area contributed by atoms with Gasteiger partial charge in [-0.3, -0.25) is 9.59 Å². The van der Waals surface area contributed by atoms with Crippen LogP contribution in [-0.2, 0) is 0 Å². The standard InChI is InChI=1S/C11H6ClN11O2.2Na.2H/c12-7-5(14-10(24)8-16-20-21-17-8)1-4(3-13)2-6(7)15-11(25)9-18-22-23-19-9;;;;/h1-2H,(H,14,24)(H,15,25)(H,16,17,20,21)(H,18,19,22,23);;;;. The van der Waals surface area contributed by atoms with Crippen LogP contribution in [0.3, 0.4) is 0 Å². The van der Waals surface area contributed by atoms with Crippen molar-refractivity contribution >= 4 is 93.9 Å². The van der Waals surface area contributed by atoms with Crippen LogP contribution < -0.4 is 10.6 Å². The van der Waals surface area contributed by atoms with E-state index in [0.29, 0.717) is 0 Å². The molecule has 3 aromatic rings. The molecule has 2 heterocycles. The number of nitrogens with one attached hydrogen (secondary N) is 4. The van der Waals surface area contributed by atoms with Crippen LogP contribution in [0.2, 0.25) is 5.02 Å². The van der Waals surface area contributed by atoms with E-state index >= 15 is 0 Å². The third kappa shape index (κ3) is 5.53. The number of nitriles is 1. The molecule has 0 aliphatic carbocycles. The maximum absolute atomic E-state index is 12.0. The third-order valence-corrected chi connectivity index (χ3v) is 3.23. The second-order valence-electron chi connectivity index (χ2n) is 4.41. The fourth-order valence-electron chi connectivity index (χ4n) is 1.74. The topological polar surface area (TPSA) is 191 Å². The number of anilines is 2. The van der Waals surface area contributed by atoms with Gasteiger partial charge in [0.15, 0.2) is 0 Å². The Labute approximate surface area is 199 Å². The molecule has 13 nitrogen and oxygen atoms in total. The Bertz CT molecular complexity index is 902. The van der Waals surface area contributed by atoms with Crippen LogP contribution in [-0.4, -0.2) is 112 Å². The first-order valence-corrected chi connectivity index (χ1v) is 6.80. The van der Waals surface area contributed by atoms with Crippen LogP contribution in [0.15, 0.2) is 12.1 Å². The second kappa shape index (κ2) is 10.4. The van der Waals surface area contributed by atoms with Gasteiger partial charge in [0.1, 0.15) is 0 Å². The summed E-state index contributed by atoms with van der Waals surface area (Å²) in [5, 5.41) is 38.6. The predicted molar refractivity (Wildman–Crippen MR) is 94.7 cm³/mol. The van der Waals surface area contributed by atoms with E-state index in [2.05, 4.69) is 51.9 Å². The summed E-state index contributed by atoms with van der Waals surface area (Å²) >= 11 is 6.19. The molecule has 1 aromatic carbocycles. The summed E-state index contributed by atoms with van der Waals surface area (Å²) in [4.78, 5) is 24.0. The summed E-state index contributed by atoms with van der Waals surface area (Å²) in [5.41, 5.74) is 0.294. The van der Waals surface area contributed by atoms with Crippen molar-refractivity contribution < 1.29 is 9.59 Å². The summed E-state index contributed by atoms with van der Waals surface area (Å²) in [6.07, 6.45) is 0. The normalized spacial score (nSPS) is 9.33. The van der Waals surface area contributed by atoms with E-state index < -0.39 is 11.8 Å².